The summed E-state index contributed by atoms with van der Waals surface area (Å²) >= 11 is 0. The van der Waals surface area contributed by atoms with Gasteiger partial charge < -0.3 is 5.32 Å². The maximum absolute atomic E-state index is 4.02. The Balaban J connectivity index is 1.95. The van der Waals surface area contributed by atoms with E-state index < -0.39 is 0 Å². The van der Waals surface area contributed by atoms with Crippen LogP contribution in [0.25, 0.3) is 0 Å². The van der Waals surface area contributed by atoms with E-state index in [9.17, 15) is 0 Å². The van der Waals surface area contributed by atoms with Gasteiger partial charge in [-0.05, 0) is 5.21 Å². The van der Waals surface area contributed by atoms with Crippen molar-refractivity contribution in [2.45, 2.75) is 6.54 Å². The number of rotatable bonds is 3. The largest absolute Gasteiger partial charge is 0.375 e. The molecule has 2 aromatic rings. The molecule has 2 heterocycles. The molecule has 0 aliphatic rings. The molecule has 7 heteroatoms. The molecular formula is C7H9N7. The van der Waals surface area contributed by atoms with E-state index in [0.29, 0.717) is 12.4 Å². The molecule has 0 radical (unpaired) electrons. The first-order valence-corrected chi connectivity index (χ1v) is 4.06. The Kier molecular flexibility index (Phi) is 2.30. The summed E-state index contributed by atoms with van der Waals surface area (Å²) in [6.07, 6.45) is 4.85. The van der Waals surface area contributed by atoms with Crippen LogP contribution in [0.1, 0.15) is 5.82 Å². The lowest BCUT2D eigenvalue weighted by atomic mass is 10.5. The highest BCUT2D eigenvalue weighted by atomic mass is 15.6. The molecule has 0 atom stereocenters. The van der Waals surface area contributed by atoms with Crippen LogP contribution in [0, 0.1) is 0 Å². The van der Waals surface area contributed by atoms with E-state index in [1.165, 1.54) is 11.1 Å². The molecule has 0 fully saturated rings. The number of aryl methyl sites for hydroxylation is 1. The van der Waals surface area contributed by atoms with Gasteiger partial charge in [-0.25, -0.2) is 9.97 Å². The molecule has 72 valence electrons. The average Bonchev–Trinajstić information content (AvgIpc) is 2.63. The number of hydrogen-bond donors (Lipinski definition) is 1. The van der Waals surface area contributed by atoms with Crippen LogP contribution in [0.15, 0.2) is 18.7 Å². The Morgan fingerprint density at radius 2 is 2.14 bits per heavy atom. The van der Waals surface area contributed by atoms with Crippen LogP contribution in [-0.2, 0) is 13.6 Å². The zero-order valence-corrected chi connectivity index (χ0v) is 7.62. The monoisotopic (exact) mass is 191 g/mol. The smallest absolute Gasteiger partial charge is 0.193 e. The summed E-state index contributed by atoms with van der Waals surface area (Å²) < 4.78 is 0. The second-order valence-corrected chi connectivity index (χ2v) is 2.68. The van der Waals surface area contributed by atoms with Gasteiger partial charge in [0.05, 0.1) is 31.7 Å². The first-order chi connectivity index (χ1) is 6.84. The quantitative estimate of drug-likeness (QED) is 0.711. The van der Waals surface area contributed by atoms with Crippen molar-refractivity contribution in [3.8, 4) is 0 Å². The van der Waals surface area contributed by atoms with E-state index in [0.717, 1.165) is 5.69 Å². The fourth-order valence-electron chi connectivity index (χ4n) is 0.966. The van der Waals surface area contributed by atoms with E-state index in [-0.39, 0.29) is 0 Å². The Bertz CT molecular complexity index is 395. The van der Waals surface area contributed by atoms with Gasteiger partial charge in [0.25, 0.3) is 0 Å². The second-order valence-electron chi connectivity index (χ2n) is 2.68. The molecule has 0 aromatic carbocycles. The van der Waals surface area contributed by atoms with Crippen LogP contribution in [0.2, 0.25) is 0 Å². The molecule has 0 spiro atoms. The van der Waals surface area contributed by atoms with Gasteiger partial charge >= 0.3 is 0 Å². The summed E-state index contributed by atoms with van der Waals surface area (Å²) in [7, 11) is 1.72. The van der Waals surface area contributed by atoms with Gasteiger partial charge in [0.1, 0.15) is 6.33 Å². The maximum Gasteiger partial charge on any atom is 0.193 e. The summed E-state index contributed by atoms with van der Waals surface area (Å²) in [6.45, 7) is 0.515. The van der Waals surface area contributed by atoms with E-state index in [1.807, 2.05) is 0 Å². The summed E-state index contributed by atoms with van der Waals surface area (Å²) in [4.78, 5) is 9.15. The van der Waals surface area contributed by atoms with Crippen molar-refractivity contribution >= 4 is 5.69 Å². The third-order valence-electron chi connectivity index (χ3n) is 1.56. The Morgan fingerprint density at radius 3 is 2.79 bits per heavy atom. The number of aromatic nitrogens is 6. The zero-order chi connectivity index (χ0) is 9.80. The topological polar surface area (TPSA) is 81.4 Å². The molecule has 0 saturated carbocycles. The first-order valence-electron chi connectivity index (χ1n) is 4.06. The SMILES string of the molecule is Cn1nnc(CNc2cncnc2)n1. The lowest BCUT2D eigenvalue weighted by Crippen LogP contribution is -2.02. The van der Waals surface area contributed by atoms with Crippen molar-refractivity contribution in [1.82, 2.24) is 30.2 Å². The Labute approximate surface area is 80.2 Å². The lowest BCUT2D eigenvalue weighted by Gasteiger charge is -1.99. The van der Waals surface area contributed by atoms with Crippen LogP contribution >= 0.6 is 0 Å². The minimum atomic E-state index is 0.515. The highest BCUT2D eigenvalue weighted by Crippen LogP contribution is 2.01. The van der Waals surface area contributed by atoms with Crippen LogP contribution in [0.5, 0.6) is 0 Å². The van der Waals surface area contributed by atoms with Crippen molar-refractivity contribution < 1.29 is 0 Å². The Morgan fingerprint density at radius 1 is 1.36 bits per heavy atom. The predicted octanol–water partition coefficient (Wildman–Crippen LogP) is -0.388. The highest BCUT2D eigenvalue weighted by Gasteiger charge is 1.99. The van der Waals surface area contributed by atoms with Gasteiger partial charge in [0.15, 0.2) is 5.82 Å². The van der Waals surface area contributed by atoms with Gasteiger partial charge in [-0.3, -0.25) is 0 Å². The number of tetrazole rings is 1. The lowest BCUT2D eigenvalue weighted by molar-refractivity contribution is 0.628. The molecule has 0 bridgehead atoms. The van der Waals surface area contributed by atoms with E-state index in [1.54, 1.807) is 19.4 Å². The molecular weight excluding hydrogens is 182 g/mol. The fraction of sp³-hybridized carbons (Fsp3) is 0.286. The Hall–Kier alpha value is -2.05. The molecule has 7 nitrogen and oxygen atoms in total. The summed E-state index contributed by atoms with van der Waals surface area (Å²) in [5, 5.41) is 14.6. The summed E-state index contributed by atoms with van der Waals surface area (Å²) in [5.74, 6) is 0.636. The first kappa shape index (κ1) is 8.54. The summed E-state index contributed by atoms with van der Waals surface area (Å²) in [5.41, 5.74) is 0.833. The normalized spacial score (nSPS) is 10.1. The predicted molar refractivity (Wildman–Crippen MR) is 48.2 cm³/mol. The van der Waals surface area contributed by atoms with Gasteiger partial charge in [-0.1, -0.05) is 0 Å². The van der Waals surface area contributed by atoms with E-state index in [4.69, 9.17) is 0 Å². The third kappa shape index (κ3) is 2.00. The van der Waals surface area contributed by atoms with Crippen LogP contribution < -0.4 is 5.32 Å². The minimum absolute atomic E-state index is 0.515. The molecule has 1 N–H and O–H groups in total. The fourth-order valence-corrected chi connectivity index (χ4v) is 0.966. The molecule has 0 amide bonds. The van der Waals surface area contributed by atoms with Gasteiger partial charge in [0, 0.05) is 0 Å². The van der Waals surface area contributed by atoms with Gasteiger partial charge in [-0.15, -0.1) is 10.2 Å². The molecule has 0 aliphatic carbocycles. The zero-order valence-electron chi connectivity index (χ0n) is 7.62. The number of hydrogen-bond acceptors (Lipinski definition) is 6. The third-order valence-corrected chi connectivity index (χ3v) is 1.56. The number of anilines is 1. The van der Waals surface area contributed by atoms with Crippen molar-refractivity contribution in [3.63, 3.8) is 0 Å². The second kappa shape index (κ2) is 3.77. The van der Waals surface area contributed by atoms with Crippen LogP contribution in [0.3, 0.4) is 0 Å². The van der Waals surface area contributed by atoms with Crippen molar-refractivity contribution in [3.05, 3.63) is 24.5 Å². The average molecular weight is 191 g/mol. The van der Waals surface area contributed by atoms with E-state index >= 15 is 0 Å². The van der Waals surface area contributed by atoms with Gasteiger partial charge in [0.2, 0.25) is 0 Å². The molecule has 0 aliphatic heterocycles. The summed E-state index contributed by atoms with van der Waals surface area (Å²) in [6, 6.07) is 0. The maximum atomic E-state index is 4.02. The standard InChI is InChI=1S/C7H9N7/c1-14-12-7(11-13-14)4-10-6-2-8-5-9-3-6/h2-3,5,10H,4H2,1H3. The number of nitrogens with one attached hydrogen (secondary N) is 1. The molecule has 14 heavy (non-hydrogen) atoms. The van der Waals surface area contributed by atoms with Crippen molar-refractivity contribution in [2.75, 3.05) is 5.32 Å². The molecule has 2 rings (SSSR count). The van der Waals surface area contributed by atoms with Crippen LogP contribution in [-0.4, -0.2) is 30.2 Å². The van der Waals surface area contributed by atoms with Crippen molar-refractivity contribution in [1.29, 1.82) is 0 Å². The van der Waals surface area contributed by atoms with Gasteiger partial charge in [-0.2, -0.15) is 4.80 Å². The molecule has 2 aromatic heterocycles. The molecule has 0 unspecified atom stereocenters. The minimum Gasteiger partial charge on any atom is -0.375 e. The van der Waals surface area contributed by atoms with Crippen LogP contribution in [0.4, 0.5) is 5.69 Å². The van der Waals surface area contributed by atoms with E-state index in [2.05, 4.69) is 30.7 Å². The number of nitrogens with zero attached hydrogens (tertiary/aromatic N) is 6. The highest BCUT2D eigenvalue weighted by molar-refractivity contribution is 5.36. The molecule has 0 saturated heterocycles. The van der Waals surface area contributed by atoms with Crippen molar-refractivity contribution in [2.24, 2.45) is 7.05 Å².